The molecule has 126 valence electrons. The van der Waals surface area contributed by atoms with Crippen molar-refractivity contribution in [2.45, 2.75) is 13.5 Å². The van der Waals surface area contributed by atoms with E-state index in [2.05, 4.69) is 5.32 Å². The molecule has 0 radical (unpaired) electrons. The number of hydrogen-bond donors (Lipinski definition) is 1. The van der Waals surface area contributed by atoms with E-state index < -0.39 is 0 Å². The quantitative estimate of drug-likeness (QED) is 0.919. The van der Waals surface area contributed by atoms with Crippen LogP contribution in [0.25, 0.3) is 0 Å². The van der Waals surface area contributed by atoms with Crippen LogP contribution in [-0.4, -0.2) is 37.9 Å². The Morgan fingerprint density at radius 2 is 1.71 bits per heavy atom. The molecule has 2 amide bonds. The summed E-state index contributed by atoms with van der Waals surface area (Å²) in [6.45, 7) is 2.40. The van der Waals surface area contributed by atoms with Crippen molar-refractivity contribution in [1.82, 2.24) is 10.2 Å². The number of hydrogen-bond acceptors (Lipinski definition) is 3. The molecule has 0 aliphatic heterocycles. The molecule has 2 aromatic carbocycles. The Morgan fingerprint density at radius 1 is 1.08 bits per heavy atom. The van der Waals surface area contributed by atoms with Gasteiger partial charge in [-0.05, 0) is 42.3 Å². The highest BCUT2D eigenvalue weighted by molar-refractivity contribution is 5.95. The third kappa shape index (κ3) is 3.93. The Morgan fingerprint density at radius 3 is 2.29 bits per heavy atom. The number of benzene rings is 2. The molecular weight excluding hydrogens is 304 g/mol. The van der Waals surface area contributed by atoms with Crippen molar-refractivity contribution in [2.75, 3.05) is 21.2 Å². The lowest BCUT2D eigenvalue weighted by atomic mass is 10.1. The second-order valence-corrected chi connectivity index (χ2v) is 5.62. The van der Waals surface area contributed by atoms with Crippen molar-refractivity contribution in [1.29, 1.82) is 0 Å². The minimum Gasteiger partial charge on any atom is -0.496 e. The van der Waals surface area contributed by atoms with Gasteiger partial charge in [-0.2, -0.15) is 0 Å². The molecule has 0 atom stereocenters. The number of carbonyl (C=O) groups is 2. The second-order valence-electron chi connectivity index (χ2n) is 5.62. The van der Waals surface area contributed by atoms with Crippen molar-refractivity contribution in [2.24, 2.45) is 0 Å². The molecule has 0 aliphatic carbocycles. The van der Waals surface area contributed by atoms with Gasteiger partial charge in [0.2, 0.25) is 0 Å². The Labute approximate surface area is 142 Å². The van der Waals surface area contributed by atoms with E-state index in [1.54, 1.807) is 50.4 Å². The van der Waals surface area contributed by atoms with E-state index in [4.69, 9.17) is 4.74 Å². The standard InChI is InChI=1S/C19H22N2O3/c1-13-5-8-16(11-17(13)24-4)19(23)21(3)12-14-6-9-15(10-7-14)18(22)20-2/h5-11H,12H2,1-4H3,(H,20,22). The van der Waals surface area contributed by atoms with Gasteiger partial charge in [-0.15, -0.1) is 0 Å². The summed E-state index contributed by atoms with van der Waals surface area (Å²) < 4.78 is 5.27. The molecule has 2 aromatic rings. The first-order valence-corrected chi connectivity index (χ1v) is 7.67. The summed E-state index contributed by atoms with van der Waals surface area (Å²) in [6.07, 6.45) is 0. The van der Waals surface area contributed by atoms with E-state index in [9.17, 15) is 9.59 Å². The Hall–Kier alpha value is -2.82. The number of rotatable bonds is 5. The predicted octanol–water partition coefficient (Wildman–Crippen LogP) is 2.64. The molecule has 0 saturated heterocycles. The fraction of sp³-hybridized carbons (Fsp3) is 0.263. The van der Waals surface area contributed by atoms with Gasteiger partial charge in [-0.3, -0.25) is 9.59 Å². The van der Waals surface area contributed by atoms with Crippen molar-refractivity contribution < 1.29 is 14.3 Å². The molecule has 0 heterocycles. The molecular formula is C19H22N2O3. The van der Waals surface area contributed by atoms with Crippen LogP contribution in [-0.2, 0) is 6.54 Å². The topological polar surface area (TPSA) is 58.6 Å². The summed E-state index contributed by atoms with van der Waals surface area (Å²) in [7, 11) is 4.94. The highest BCUT2D eigenvalue weighted by Crippen LogP contribution is 2.20. The lowest BCUT2D eigenvalue weighted by molar-refractivity contribution is 0.0784. The third-order valence-electron chi connectivity index (χ3n) is 3.86. The third-order valence-corrected chi connectivity index (χ3v) is 3.86. The number of amides is 2. The zero-order chi connectivity index (χ0) is 17.7. The molecule has 0 saturated carbocycles. The van der Waals surface area contributed by atoms with Crippen molar-refractivity contribution in [3.63, 3.8) is 0 Å². The summed E-state index contributed by atoms with van der Waals surface area (Å²) in [5.41, 5.74) is 3.12. The fourth-order valence-corrected chi connectivity index (χ4v) is 2.42. The van der Waals surface area contributed by atoms with E-state index in [-0.39, 0.29) is 11.8 Å². The van der Waals surface area contributed by atoms with Crippen LogP contribution in [0.15, 0.2) is 42.5 Å². The summed E-state index contributed by atoms with van der Waals surface area (Å²) in [5, 5.41) is 2.58. The highest BCUT2D eigenvalue weighted by atomic mass is 16.5. The molecule has 0 fully saturated rings. The van der Waals surface area contributed by atoms with Gasteiger partial charge in [0, 0.05) is 31.8 Å². The number of nitrogens with one attached hydrogen (secondary N) is 1. The van der Waals surface area contributed by atoms with Gasteiger partial charge >= 0.3 is 0 Å². The van der Waals surface area contributed by atoms with E-state index >= 15 is 0 Å². The van der Waals surface area contributed by atoms with Crippen LogP contribution >= 0.6 is 0 Å². The van der Waals surface area contributed by atoms with Crippen LogP contribution in [0, 0.1) is 6.92 Å². The van der Waals surface area contributed by atoms with E-state index in [1.807, 2.05) is 25.1 Å². The number of carbonyl (C=O) groups excluding carboxylic acids is 2. The zero-order valence-corrected chi connectivity index (χ0v) is 14.4. The molecule has 0 unspecified atom stereocenters. The van der Waals surface area contributed by atoms with Gasteiger partial charge in [0.05, 0.1) is 7.11 Å². The summed E-state index contributed by atoms with van der Waals surface area (Å²) >= 11 is 0. The molecule has 2 rings (SSSR count). The van der Waals surface area contributed by atoms with E-state index in [0.717, 1.165) is 11.1 Å². The number of methoxy groups -OCH3 is 1. The molecule has 0 aliphatic rings. The van der Waals surface area contributed by atoms with Crippen LogP contribution in [0.5, 0.6) is 5.75 Å². The van der Waals surface area contributed by atoms with Crippen LogP contribution in [0.2, 0.25) is 0 Å². The summed E-state index contributed by atoms with van der Waals surface area (Å²) in [4.78, 5) is 25.7. The Kier molecular flexibility index (Phi) is 5.58. The SMILES string of the molecule is CNC(=O)c1ccc(CN(C)C(=O)c2ccc(C)c(OC)c2)cc1. The first-order valence-electron chi connectivity index (χ1n) is 7.67. The molecule has 0 spiro atoms. The minimum absolute atomic E-state index is 0.0799. The Balaban J connectivity index is 2.10. The lowest BCUT2D eigenvalue weighted by Gasteiger charge is -2.18. The molecule has 24 heavy (non-hydrogen) atoms. The molecule has 0 aromatic heterocycles. The van der Waals surface area contributed by atoms with Gasteiger partial charge in [0.25, 0.3) is 11.8 Å². The van der Waals surface area contributed by atoms with Crippen LogP contribution < -0.4 is 10.1 Å². The molecule has 0 bridgehead atoms. The van der Waals surface area contributed by atoms with E-state index in [0.29, 0.717) is 23.4 Å². The maximum absolute atomic E-state index is 12.6. The normalized spacial score (nSPS) is 10.2. The van der Waals surface area contributed by atoms with Gasteiger partial charge in [-0.25, -0.2) is 0 Å². The maximum Gasteiger partial charge on any atom is 0.254 e. The average Bonchev–Trinajstić information content (AvgIpc) is 2.61. The van der Waals surface area contributed by atoms with Gasteiger partial charge in [-0.1, -0.05) is 18.2 Å². The average molecular weight is 326 g/mol. The molecule has 5 heteroatoms. The number of nitrogens with zero attached hydrogens (tertiary/aromatic N) is 1. The van der Waals surface area contributed by atoms with Crippen LogP contribution in [0.4, 0.5) is 0 Å². The van der Waals surface area contributed by atoms with Crippen molar-refractivity contribution >= 4 is 11.8 Å². The lowest BCUT2D eigenvalue weighted by Crippen LogP contribution is -2.26. The monoisotopic (exact) mass is 326 g/mol. The van der Waals surface area contributed by atoms with Crippen molar-refractivity contribution in [3.05, 3.63) is 64.7 Å². The fourth-order valence-electron chi connectivity index (χ4n) is 2.42. The van der Waals surface area contributed by atoms with Crippen LogP contribution in [0.1, 0.15) is 31.8 Å². The minimum atomic E-state index is -0.127. The molecule has 1 N–H and O–H groups in total. The van der Waals surface area contributed by atoms with Crippen LogP contribution in [0.3, 0.4) is 0 Å². The summed E-state index contributed by atoms with van der Waals surface area (Å²) in [5.74, 6) is 0.491. The Bertz CT molecular complexity index is 739. The van der Waals surface area contributed by atoms with E-state index in [1.165, 1.54) is 0 Å². The first-order chi connectivity index (χ1) is 11.5. The van der Waals surface area contributed by atoms with Crippen molar-refractivity contribution in [3.8, 4) is 5.75 Å². The molecule has 5 nitrogen and oxygen atoms in total. The zero-order valence-electron chi connectivity index (χ0n) is 14.4. The van der Waals surface area contributed by atoms with Gasteiger partial charge < -0.3 is 15.0 Å². The number of aryl methyl sites for hydroxylation is 1. The highest BCUT2D eigenvalue weighted by Gasteiger charge is 2.14. The first kappa shape index (κ1) is 17.5. The maximum atomic E-state index is 12.6. The number of ether oxygens (including phenoxy) is 1. The summed E-state index contributed by atoms with van der Waals surface area (Å²) in [6, 6.07) is 12.6. The predicted molar refractivity (Wildman–Crippen MR) is 93.4 cm³/mol. The van der Waals surface area contributed by atoms with Gasteiger partial charge in [0.15, 0.2) is 0 Å². The largest absolute Gasteiger partial charge is 0.496 e. The second kappa shape index (κ2) is 7.64. The van der Waals surface area contributed by atoms with Gasteiger partial charge in [0.1, 0.15) is 5.75 Å². The smallest absolute Gasteiger partial charge is 0.254 e.